The minimum absolute atomic E-state index is 0.270. The maximum Gasteiger partial charge on any atom is 0.160 e. The highest BCUT2D eigenvalue weighted by atomic mass is 16.3. The van der Waals surface area contributed by atoms with Crippen molar-refractivity contribution in [1.82, 2.24) is 9.97 Å². The molecule has 0 fully saturated rings. The van der Waals surface area contributed by atoms with Gasteiger partial charge in [-0.2, -0.15) is 0 Å². The van der Waals surface area contributed by atoms with Crippen molar-refractivity contribution in [2.75, 3.05) is 0 Å². The van der Waals surface area contributed by atoms with Gasteiger partial charge >= 0.3 is 0 Å². The third kappa shape index (κ3) is 5.35. The van der Waals surface area contributed by atoms with Crippen molar-refractivity contribution in [1.29, 1.82) is 0 Å². The highest BCUT2D eigenvalue weighted by Gasteiger charge is 2.40. The lowest BCUT2D eigenvalue weighted by atomic mass is 9.74. The van der Waals surface area contributed by atoms with Crippen LogP contribution in [0.2, 0.25) is 0 Å². The van der Waals surface area contributed by atoms with Gasteiger partial charge < -0.3 is 4.42 Å². The molecule has 1 unspecified atom stereocenters. The Morgan fingerprint density at radius 1 is 0.386 bits per heavy atom. The molecule has 0 saturated heterocycles. The molecule has 8 aromatic carbocycles. The zero-order valence-corrected chi connectivity index (χ0v) is 31.4. The number of hydrogen-bond donors (Lipinski definition) is 0. The molecule has 0 spiro atoms. The van der Waals surface area contributed by atoms with Crippen LogP contribution in [-0.4, -0.2) is 9.97 Å². The molecule has 1 aliphatic rings. The van der Waals surface area contributed by atoms with E-state index in [1.165, 1.54) is 33.4 Å². The Morgan fingerprint density at radius 2 is 0.982 bits per heavy atom. The average Bonchev–Trinajstić information content (AvgIpc) is 3.80. The van der Waals surface area contributed by atoms with Crippen LogP contribution in [0.3, 0.4) is 0 Å². The predicted octanol–water partition coefficient (Wildman–Crippen LogP) is 14.0. The van der Waals surface area contributed by atoms with Crippen LogP contribution in [0.1, 0.15) is 23.6 Å². The van der Waals surface area contributed by atoms with E-state index in [0.717, 1.165) is 66.7 Å². The van der Waals surface area contributed by atoms with Gasteiger partial charge in [-0.3, -0.25) is 0 Å². The average molecular weight is 729 g/mol. The zero-order chi connectivity index (χ0) is 37.9. The second-order valence-electron chi connectivity index (χ2n) is 15.0. The maximum atomic E-state index is 6.31. The second kappa shape index (κ2) is 13.1. The number of furan rings is 1. The first-order chi connectivity index (χ1) is 28.1. The van der Waals surface area contributed by atoms with E-state index in [2.05, 4.69) is 171 Å². The molecule has 268 valence electrons. The van der Waals surface area contributed by atoms with Gasteiger partial charge in [0, 0.05) is 32.9 Å². The molecule has 2 aromatic heterocycles. The number of benzene rings is 8. The SMILES string of the molecule is CC1(c2ccccc2)c2ccccc2-c2ccc(-c3cccc(-c4cc(-c5ccccc5-c5cccc6oc7ccccc7c56)nc(-c5ccccc5)n4)c3)cc21. The van der Waals surface area contributed by atoms with Crippen LogP contribution in [0.15, 0.2) is 205 Å². The monoisotopic (exact) mass is 728 g/mol. The molecule has 57 heavy (non-hydrogen) atoms. The number of para-hydroxylation sites is 1. The number of fused-ring (bicyclic) bond motifs is 6. The van der Waals surface area contributed by atoms with Crippen molar-refractivity contribution in [2.45, 2.75) is 12.3 Å². The topological polar surface area (TPSA) is 38.9 Å². The molecular formula is C54H36N2O. The van der Waals surface area contributed by atoms with E-state index in [-0.39, 0.29) is 5.41 Å². The van der Waals surface area contributed by atoms with E-state index in [9.17, 15) is 0 Å². The van der Waals surface area contributed by atoms with Crippen LogP contribution in [0.25, 0.3) is 89.2 Å². The molecule has 0 bridgehead atoms. The van der Waals surface area contributed by atoms with Crippen molar-refractivity contribution in [3.8, 4) is 67.3 Å². The van der Waals surface area contributed by atoms with E-state index in [1.54, 1.807) is 0 Å². The number of hydrogen-bond acceptors (Lipinski definition) is 3. The van der Waals surface area contributed by atoms with E-state index in [0.29, 0.717) is 5.82 Å². The Hall–Kier alpha value is -7.36. The summed E-state index contributed by atoms with van der Waals surface area (Å²) in [7, 11) is 0. The van der Waals surface area contributed by atoms with E-state index >= 15 is 0 Å². The molecule has 10 aromatic rings. The molecule has 0 N–H and O–H groups in total. The van der Waals surface area contributed by atoms with Gasteiger partial charge in [-0.15, -0.1) is 0 Å². The van der Waals surface area contributed by atoms with E-state index in [4.69, 9.17) is 14.4 Å². The van der Waals surface area contributed by atoms with Gasteiger partial charge in [0.05, 0.1) is 11.4 Å². The molecule has 11 rings (SSSR count). The van der Waals surface area contributed by atoms with Crippen LogP contribution in [0.4, 0.5) is 0 Å². The van der Waals surface area contributed by atoms with Gasteiger partial charge in [-0.25, -0.2) is 9.97 Å². The fourth-order valence-electron chi connectivity index (χ4n) is 9.00. The molecule has 2 heterocycles. The van der Waals surface area contributed by atoms with Crippen LogP contribution in [0, 0.1) is 0 Å². The van der Waals surface area contributed by atoms with Crippen molar-refractivity contribution in [2.24, 2.45) is 0 Å². The Labute approximate surface area is 331 Å². The first kappa shape index (κ1) is 33.0. The van der Waals surface area contributed by atoms with E-state index in [1.807, 2.05) is 36.4 Å². The highest BCUT2D eigenvalue weighted by molar-refractivity contribution is 6.13. The summed E-state index contributed by atoms with van der Waals surface area (Å²) >= 11 is 0. The minimum Gasteiger partial charge on any atom is -0.456 e. The lowest BCUT2D eigenvalue weighted by molar-refractivity contribution is 0.669. The van der Waals surface area contributed by atoms with Crippen LogP contribution < -0.4 is 0 Å². The minimum atomic E-state index is -0.270. The first-order valence-corrected chi connectivity index (χ1v) is 19.5. The highest BCUT2D eigenvalue weighted by Crippen LogP contribution is 2.53. The van der Waals surface area contributed by atoms with Gasteiger partial charge in [0.1, 0.15) is 11.2 Å². The quantitative estimate of drug-likeness (QED) is 0.171. The predicted molar refractivity (Wildman–Crippen MR) is 234 cm³/mol. The summed E-state index contributed by atoms with van der Waals surface area (Å²) in [6, 6.07) is 71.0. The van der Waals surface area contributed by atoms with Crippen molar-refractivity contribution in [3.05, 3.63) is 217 Å². The van der Waals surface area contributed by atoms with Crippen LogP contribution in [0.5, 0.6) is 0 Å². The summed E-state index contributed by atoms with van der Waals surface area (Å²) in [6.07, 6.45) is 0. The molecule has 0 aliphatic heterocycles. The van der Waals surface area contributed by atoms with Crippen molar-refractivity contribution < 1.29 is 4.42 Å². The van der Waals surface area contributed by atoms with Gasteiger partial charge in [0.25, 0.3) is 0 Å². The number of rotatable bonds is 6. The molecule has 3 heteroatoms. The van der Waals surface area contributed by atoms with Crippen LogP contribution >= 0.6 is 0 Å². The van der Waals surface area contributed by atoms with Gasteiger partial charge in [0.2, 0.25) is 0 Å². The Balaban J connectivity index is 1.06. The molecular weight excluding hydrogens is 693 g/mol. The molecule has 3 nitrogen and oxygen atoms in total. The first-order valence-electron chi connectivity index (χ1n) is 19.5. The third-order valence-electron chi connectivity index (χ3n) is 11.8. The lowest BCUT2D eigenvalue weighted by Crippen LogP contribution is -2.22. The summed E-state index contributed by atoms with van der Waals surface area (Å²) in [6.45, 7) is 2.37. The van der Waals surface area contributed by atoms with Gasteiger partial charge in [-0.1, -0.05) is 170 Å². The summed E-state index contributed by atoms with van der Waals surface area (Å²) < 4.78 is 6.31. The normalized spacial score (nSPS) is 14.5. The van der Waals surface area contributed by atoms with Crippen molar-refractivity contribution >= 4 is 21.9 Å². The van der Waals surface area contributed by atoms with Gasteiger partial charge in [0.15, 0.2) is 5.82 Å². The fourth-order valence-corrected chi connectivity index (χ4v) is 9.00. The van der Waals surface area contributed by atoms with Crippen LogP contribution in [-0.2, 0) is 5.41 Å². The third-order valence-corrected chi connectivity index (χ3v) is 11.8. The second-order valence-corrected chi connectivity index (χ2v) is 15.0. The molecule has 0 amide bonds. The maximum absolute atomic E-state index is 6.31. The Bertz CT molecular complexity index is 3140. The zero-order valence-electron chi connectivity index (χ0n) is 31.4. The number of nitrogens with zero attached hydrogens (tertiary/aromatic N) is 2. The number of aromatic nitrogens is 2. The summed E-state index contributed by atoms with van der Waals surface area (Å²) in [4.78, 5) is 10.5. The van der Waals surface area contributed by atoms with Gasteiger partial charge in [-0.05, 0) is 87.3 Å². The smallest absolute Gasteiger partial charge is 0.160 e. The standard InChI is InChI=1S/C54H36N2O/c1-54(39-20-6-3-7-21-39)46-27-12-10-23-41(46)42-31-30-37(33-47(42)54)36-18-14-19-38(32-36)48-34-49(56-53(55-48)35-16-4-2-5-17-35)43-24-9-8-22-40(43)44-26-15-29-51-52(44)45-25-11-13-28-50(45)57-51/h2-34H,1H3. The summed E-state index contributed by atoms with van der Waals surface area (Å²) in [5.74, 6) is 0.684. The van der Waals surface area contributed by atoms with E-state index < -0.39 is 0 Å². The lowest BCUT2D eigenvalue weighted by Gasteiger charge is -2.28. The fraction of sp³-hybridized carbons (Fsp3) is 0.0370. The molecule has 1 aliphatic carbocycles. The summed E-state index contributed by atoms with van der Waals surface area (Å²) in [5.41, 5.74) is 17.3. The Morgan fingerprint density at radius 3 is 1.84 bits per heavy atom. The Kier molecular flexibility index (Phi) is 7.61. The van der Waals surface area contributed by atoms with Crippen molar-refractivity contribution in [3.63, 3.8) is 0 Å². The largest absolute Gasteiger partial charge is 0.456 e. The molecule has 0 radical (unpaired) electrons. The molecule has 0 saturated carbocycles. The molecule has 1 atom stereocenters. The summed E-state index contributed by atoms with van der Waals surface area (Å²) in [5, 5.41) is 2.20.